The SMILES string of the molecule is CC(C)C[C@H](NC(=O)C[C@H](O)[C@H](CC(C)C)NC(=O)[C@H](Cc1cnc[nH]1)NC(=O)[C@@H](N)Cc1ccccc1)C(=O)NC(=O)c1ccc(Cl)cc1. The molecule has 14 heteroatoms. The Labute approximate surface area is 297 Å². The number of rotatable bonds is 18. The number of amides is 5. The molecule has 0 spiro atoms. The number of carbonyl (C=O) groups excluding carboxylic acids is 5. The zero-order chi connectivity index (χ0) is 36.8. The molecular weight excluding hydrogens is 662 g/mol. The third kappa shape index (κ3) is 13.4. The summed E-state index contributed by atoms with van der Waals surface area (Å²) in [5.74, 6) is -3.10. The third-order valence-corrected chi connectivity index (χ3v) is 8.11. The summed E-state index contributed by atoms with van der Waals surface area (Å²) in [6.45, 7) is 7.53. The Morgan fingerprint density at radius 3 is 2.08 bits per heavy atom. The highest BCUT2D eigenvalue weighted by Gasteiger charge is 2.31. The van der Waals surface area contributed by atoms with Crippen molar-refractivity contribution in [3.05, 3.63) is 89.0 Å². The number of nitrogens with zero attached hydrogens (tertiary/aromatic N) is 1. The number of hydrogen-bond donors (Lipinski definition) is 7. The van der Waals surface area contributed by atoms with Gasteiger partial charge in [-0.2, -0.15) is 0 Å². The van der Waals surface area contributed by atoms with E-state index >= 15 is 0 Å². The lowest BCUT2D eigenvalue weighted by molar-refractivity contribution is -0.132. The normalized spacial score (nSPS) is 14.3. The molecule has 1 heterocycles. The van der Waals surface area contributed by atoms with Gasteiger partial charge >= 0.3 is 0 Å². The lowest BCUT2D eigenvalue weighted by atomic mass is 9.96. The monoisotopic (exact) mass is 709 g/mol. The molecule has 0 bridgehead atoms. The highest BCUT2D eigenvalue weighted by molar-refractivity contribution is 6.30. The van der Waals surface area contributed by atoms with Crippen LogP contribution in [0.3, 0.4) is 0 Å². The molecule has 13 nitrogen and oxygen atoms in total. The van der Waals surface area contributed by atoms with E-state index < -0.39 is 66.2 Å². The van der Waals surface area contributed by atoms with E-state index in [1.54, 1.807) is 0 Å². The molecule has 0 aliphatic rings. The van der Waals surface area contributed by atoms with Gasteiger partial charge in [0.05, 0.1) is 30.9 Å². The molecule has 1 aromatic heterocycles. The van der Waals surface area contributed by atoms with E-state index in [-0.39, 0.29) is 36.7 Å². The minimum Gasteiger partial charge on any atom is -0.390 e. The molecule has 0 aliphatic carbocycles. The van der Waals surface area contributed by atoms with Crippen molar-refractivity contribution in [3.8, 4) is 0 Å². The maximum atomic E-state index is 13.7. The van der Waals surface area contributed by atoms with Gasteiger partial charge in [0.15, 0.2) is 0 Å². The minimum atomic E-state index is -1.34. The fourth-order valence-corrected chi connectivity index (χ4v) is 5.46. The van der Waals surface area contributed by atoms with E-state index in [1.807, 2.05) is 58.0 Å². The number of aromatic amines is 1. The van der Waals surface area contributed by atoms with Gasteiger partial charge in [-0.3, -0.25) is 29.3 Å². The highest BCUT2D eigenvalue weighted by Crippen LogP contribution is 2.14. The van der Waals surface area contributed by atoms with Gasteiger partial charge < -0.3 is 31.8 Å². The number of aromatic nitrogens is 2. The Hall–Kier alpha value is -4.59. The molecule has 270 valence electrons. The van der Waals surface area contributed by atoms with E-state index in [4.69, 9.17) is 17.3 Å². The fraction of sp³-hybridized carbons (Fsp3) is 0.444. The summed E-state index contributed by atoms with van der Waals surface area (Å²) in [7, 11) is 0. The molecule has 8 N–H and O–H groups in total. The van der Waals surface area contributed by atoms with Crippen LogP contribution in [0.1, 0.15) is 68.6 Å². The number of benzene rings is 2. The van der Waals surface area contributed by atoms with Gasteiger partial charge in [-0.25, -0.2) is 4.98 Å². The van der Waals surface area contributed by atoms with Crippen LogP contribution in [0.15, 0.2) is 67.1 Å². The molecule has 0 unspecified atom stereocenters. The van der Waals surface area contributed by atoms with Gasteiger partial charge in [-0.15, -0.1) is 0 Å². The number of nitrogens with two attached hydrogens (primary N) is 1. The number of aliphatic hydroxyl groups is 1. The number of aliphatic hydroxyl groups excluding tert-OH is 1. The summed E-state index contributed by atoms with van der Waals surface area (Å²) in [6.07, 6.45) is 2.08. The first-order valence-electron chi connectivity index (χ1n) is 16.7. The van der Waals surface area contributed by atoms with Crippen molar-refractivity contribution in [1.29, 1.82) is 0 Å². The minimum absolute atomic E-state index is 0.0105. The quantitative estimate of drug-likeness (QED) is 0.104. The maximum absolute atomic E-state index is 13.7. The number of hydrogen-bond acceptors (Lipinski definition) is 8. The van der Waals surface area contributed by atoms with Crippen molar-refractivity contribution in [3.63, 3.8) is 0 Å². The summed E-state index contributed by atoms with van der Waals surface area (Å²) in [4.78, 5) is 72.7. The van der Waals surface area contributed by atoms with Crippen LogP contribution in [-0.4, -0.2) is 74.9 Å². The van der Waals surface area contributed by atoms with E-state index in [0.717, 1.165) is 5.56 Å². The lowest BCUT2D eigenvalue weighted by Crippen LogP contribution is -2.56. The van der Waals surface area contributed by atoms with Gasteiger partial charge in [0.1, 0.15) is 12.1 Å². The largest absolute Gasteiger partial charge is 0.390 e. The highest BCUT2D eigenvalue weighted by atomic mass is 35.5. The number of nitrogens with one attached hydrogen (secondary N) is 5. The van der Waals surface area contributed by atoms with Crippen LogP contribution in [0.4, 0.5) is 0 Å². The Morgan fingerprint density at radius 1 is 0.820 bits per heavy atom. The molecule has 0 saturated carbocycles. The zero-order valence-corrected chi connectivity index (χ0v) is 29.6. The topological polar surface area (TPSA) is 208 Å². The summed E-state index contributed by atoms with van der Waals surface area (Å²) in [5.41, 5.74) is 7.87. The van der Waals surface area contributed by atoms with Crippen LogP contribution in [0.2, 0.25) is 5.02 Å². The molecule has 5 amide bonds. The van der Waals surface area contributed by atoms with E-state index in [9.17, 15) is 29.1 Å². The molecule has 0 saturated heterocycles. The Balaban J connectivity index is 1.68. The predicted octanol–water partition coefficient (Wildman–Crippen LogP) is 2.43. The van der Waals surface area contributed by atoms with Crippen molar-refractivity contribution in [2.24, 2.45) is 17.6 Å². The van der Waals surface area contributed by atoms with E-state index in [1.165, 1.54) is 36.8 Å². The average molecular weight is 710 g/mol. The van der Waals surface area contributed by atoms with Gasteiger partial charge in [-0.05, 0) is 60.9 Å². The Bertz CT molecular complexity index is 1550. The number of imide groups is 1. The van der Waals surface area contributed by atoms with Crippen LogP contribution in [-0.2, 0) is 32.0 Å². The number of imidazole rings is 1. The maximum Gasteiger partial charge on any atom is 0.257 e. The van der Waals surface area contributed by atoms with Crippen molar-refractivity contribution in [2.45, 2.75) is 90.1 Å². The van der Waals surface area contributed by atoms with Crippen molar-refractivity contribution >= 4 is 41.1 Å². The number of H-pyrrole nitrogens is 1. The predicted molar refractivity (Wildman–Crippen MR) is 190 cm³/mol. The Kier molecular flexibility index (Phi) is 15.6. The third-order valence-electron chi connectivity index (χ3n) is 7.86. The van der Waals surface area contributed by atoms with Gasteiger partial charge in [0.25, 0.3) is 5.91 Å². The Morgan fingerprint density at radius 2 is 1.48 bits per heavy atom. The smallest absolute Gasteiger partial charge is 0.257 e. The number of halogens is 1. The molecule has 2 aromatic carbocycles. The van der Waals surface area contributed by atoms with Crippen molar-refractivity contribution in [2.75, 3.05) is 0 Å². The summed E-state index contributed by atoms with van der Waals surface area (Å²) >= 11 is 5.89. The van der Waals surface area contributed by atoms with Gasteiger partial charge in [0.2, 0.25) is 23.6 Å². The second-order valence-corrected chi connectivity index (χ2v) is 13.7. The van der Waals surface area contributed by atoms with Gasteiger partial charge in [0, 0.05) is 28.9 Å². The van der Waals surface area contributed by atoms with Crippen LogP contribution in [0, 0.1) is 11.8 Å². The molecule has 3 rings (SSSR count). The average Bonchev–Trinajstić information content (AvgIpc) is 3.57. The van der Waals surface area contributed by atoms with Crippen LogP contribution in [0.25, 0.3) is 0 Å². The summed E-state index contributed by atoms with van der Waals surface area (Å²) < 4.78 is 0. The molecular formula is C36H48ClN7O6. The van der Waals surface area contributed by atoms with Crippen molar-refractivity contribution in [1.82, 2.24) is 31.2 Å². The van der Waals surface area contributed by atoms with E-state index in [0.29, 0.717) is 17.1 Å². The van der Waals surface area contributed by atoms with Crippen molar-refractivity contribution < 1.29 is 29.1 Å². The molecule has 0 fully saturated rings. The standard InChI is InChI=1S/C36H48ClN7O6/c1-21(2)14-28(31(45)18-32(46)41-29(15-22(3)4)36(50)44-33(47)24-10-12-25(37)13-11-24)42-35(49)30(17-26-19-39-20-40-26)43-34(48)27(38)16-23-8-6-5-7-9-23/h5-13,19-22,27-31,45H,14-18,38H2,1-4H3,(H,39,40)(H,41,46)(H,42,49)(H,43,48)(H,44,47,50)/t27-,28-,29-,30-,31-/m0/s1. The molecule has 50 heavy (non-hydrogen) atoms. The van der Waals surface area contributed by atoms with Gasteiger partial charge in [-0.1, -0.05) is 69.6 Å². The van der Waals surface area contributed by atoms with Crippen LogP contribution in [0.5, 0.6) is 0 Å². The molecule has 5 atom stereocenters. The summed E-state index contributed by atoms with van der Waals surface area (Å²) in [5, 5.41) is 22.2. The zero-order valence-electron chi connectivity index (χ0n) is 28.8. The second-order valence-electron chi connectivity index (χ2n) is 13.2. The van der Waals surface area contributed by atoms with Crippen LogP contribution < -0.4 is 27.0 Å². The second kappa shape index (κ2) is 19.6. The summed E-state index contributed by atoms with van der Waals surface area (Å²) in [6, 6.07) is 11.3. The lowest BCUT2D eigenvalue weighted by Gasteiger charge is -2.29. The van der Waals surface area contributed by atoms with Crippen LogP contribution >= 0.6 is 11.6 Å². The first kappa shape index (κ1) is 39.8. The molecule has 0 radical (unpaired) electrons. The first-order chi connectivity index (χ1) is 23.7. The molecule has 3 aromatic rings. The molecule has 0 aliphatic heterocycles. The fourth-order valence-electron chi connectivity index (χ4n) is 5.33. The number of carbonyl (C=O) groups is 5. The first-order valence-corrected chi connectivity index (χ1v) is 17.0. The van der Waals surface area contributed by atoms with E-state index in [2.05, 4.69) is 31.2 Å².